The van der Waals surface area contributed by atoms with Crippen LogP contribution in [0.15, 0.2) is 24.3 Å². The van der Waals surface area contributed by atoms with E-state index in [1.807, 2.05) is 18.7 Å². The molecule has 4 nitrogen and oxygen atoms in total. The zero-order chi connectivity index (χ0) is 15.5. The summed E-state index contributed by atoms with van der Waals surface area (Å²) >= 11 is 0. The van der Waals surface area contributed by atoms with Crippen molar-refractivity contribution < 1.29 is 9.53 Å². The third kappa shape index (κ3) is 2.71. The number of carbonyl (C=O) groups is 1. The zero-order valence-electron chi connectivity index (χ0n) is 13.6. The molecule has 0 aliphatic carbocycles. The van der Waals surface area contributed by atoms with Crippen LogP contribution in [-0.2, 0) is 10.2 Å². The van der Waals surface area contributed by atoms with Crippen LogP contribution >= 0.6 is 0 Å². The van der Waals surface area contributed by atoms with Gasteiger partial charge >= 0.3 is 6.09 Å². The Kier molecular flexibility index (Phi) is 4.76. The lowest BCUT2D eigenvalue weighted by Gasteiger charge is -2.39. The molecule has 1 aromatic rings. The van der Waals surface area contributed by atoms with E-state index in [-0.39, 0.29) is 11.5 Å². The summed E-state index contributed by atoms with van der Waals surface area (Å²) in [6, 6.07) is 8.65. The molecule has 0 atom stereocenters. The lowest BCUT2D eigenvalue weighted by atomic mass is 9.74. The first kappa shape index (κ1) is 15.7. The molecule has 0 saturated carbocycles. The molecule has 0 N–H and O–H groups in total. The Morgan fingerprint density at radius 3 is 2.43 bits per heavy atom. The largest absolute Gasteiger partial charge is 0.453 e. The van der Waals surface area contributed by atoms with Gasteiger partial charge in [0.1, 0.15) is 0 Å². The van der Waals surface area contributed by atoms with Crippen LogP contribution in [0.2, 0.25) is 0 Å². The molecule has 1 fully saturated rings. The fourth-order valence-corrected chi connectivity index (χ4v) is 3.55. The molecule has 1 saturated heterocycles. The minimum Gasteiger partial charge on any atom is -0.453 e. The molecule has 0 aromatic heterocycles. The second kappa shape index (κ2) is 6.37. The number of likely N-dealkylation sites (N-methyl/N-ethyl adjacent to an activating group) is 1. The minimum absolute atomic E-state index is 0.200. The fourth-order valence-electron chi connectivity index (χ4n) is 3.55. The van der Waals surface area contributed by atoms with Crippen molar-refractivity contribution in [3.63, 3.8) is 0 Å². The highest BCUT2D eigenvalue weighted by Gasteiger charge is 2.44. The number of para-hydroxylation sites is 1. The fraction of sp³-hybridized carbons (Fsp3) is 0.588. The van der Waals surface area contributed by atoms with Gasteiger partial charge in [-0.1, -0.05) is 32.0 Å². The molecule has 0 radical (unpaired) electrons. The number of hydrogen-bond acceptors (Lipinski definition) is 3. The number of fused-ring (bicyclic) bond motifs is 2. The third-order valence-electron chi connectivity index (χ3n) is 4.58. The number of amides is 1. The molecule has 0 unspecified atom stereocenters. The molecule has 116 valence electrons. The van der Waals surface area contributed by atoms with E-state index in [0.29, 0.717) is 0 Å². The SMILES string of the molecule is CC.COC(=O)N1CCC2(CC1)CN(C)c1ccccc12. The monoisotopic (exact) mass is 290 g/mol. The zero-order valence-corrected chi connectivity index (χ0v) is 13.6. The number of likely N-dealkylation sites (tertiary alicyclic amines) is 1. The van der Waals surface area contributed by atoms with Gasteiger partial charge < -0.3 is 14.5 Å². The van der Waals surface area contributed by atoms with E-state index in [9.17, 15) is 4.79 Å². The van der Waals surface area contributed by atoms with Crippen LogP contribution in [0.4, 0.5) is 10.5 Å². The van der Waals surface area contributed by atoms with Crippen molar-refractivity contribution >= 4 is 11.8 Å². The number of nitrogens with zero attached hydrogens (tertiary/aromatic N) is 2. The van der Waals surface area contributed by atoms with Crippen molar-refractivity contribution in [3.05, 3.63) is 29.8 Å². The van der Waals surface area contributed by atoms with Gasteiger partial charge in [0.05, 0.1) is 7.11 Å². The summed E-state index contributed by atoms with van der Waals surface area (Å²) in [7, 11) is 3.60. The van der Waals surface area contributed by atoms with E-state index in [2.05, 4.69) is 36.2 Å². The van der Waals surface area contributed by atoms with E-state index in [1.165, 1.54) is 18.4 Å². The van der Waals surface area contributed by atoms with Gasteiger partial charge in [-0.15, -0.1) is 0 Å². The average molecular weight is 290 g/mol. The quantitative estimate of drug-likeness (QED) is 0.735. The van der Waals surface area contributed by atoms with E-state index in [1.54, 1.807) is 0 Å². The van der Waals surface area contributed by atoms with Crippen molar-refractivity contribution in [2.24, 2.45) is 0 Å². The Morgan fingerprint density at radius 1 is 1.19 bits per heavy atom. The molecule has 4 heteroatoms. The molecule has 0 bridgehead atoms. The predicted molar refractivity (Wildman–Crippen MR) is 86.0 cm³/mol. The van der Waals surface area contributed by atoms with Crippen LogP contribution < -0.4 is 4.90 Å². The summed E-state index contributed by atoms with van der Waals surface area (Å²) in [6.45, 7) is 6.63. The van der Waals surface area contributed by atoms with Crippen molar-refractivity contribution in [1.82, 2.24) is 4.90 Å². The number of anilines is 1. The lowest BCUT2D eigenvalue weighted by Crippen LogP contribution is -2.46. The van der Waals surface area contributed by atoms with E-state index in [0.717, 1.165) is 32.5 Å². The molecule has 3 rings (SSSR count). The second-order valence-corrected chi connectivity index (χ2v) is 5.61. The second-order valence-electron chi connectivity index (χ2n) is 5.61. The van der Waals surface area contributed by atoms with Crippen LogP contribution in [0.5, 0.6) is 0 Å². The molecule has 2 heterocycles. The Hall–Kier alpha value is -1.71. The lowest BCUT2D eigenvalue weighted by molar-refractivity contribution is 0.101. The average Bonchev–Trinajstić information content (AvgIpc) is 2.82. The van der Waals surface area contributed by atoms with E-state index >= 15 is 0 Å². The summed E-state index contributed by atoms with van der Waals surface area (Å²) in [5, 5.41) is 0. The predicted octanol–water partition coefficient (Wildman–Crippen LogP) is 3.26. The van der Waals surface area contributed by atoms with Crippen molar-refractivity contribution in [3.8, 4) is 0 Å². The molecule has 1 amide bonds. The summed E-state index contributed by atoms with van der Waals surface area (Å²) in [4.78, 5) is 15.7. The topological polar surface area (TPSA) is 32.8 Å². The first-order valence-corrected chi connectivity index (χ1v) is 7.80. The van der Waals surface area contributed by atoms with E-state index in [4.69, 9.17) is 4.74 Å². The Morgan fingerprint density at radius 2 is 1.81 bits per heavy atom. The molecular formula is C17H26N2O2. The van der Waals surface area contributed by atoms with Gasteiger partial charge in [0.2, 0.25) is 0 Å². The van der Waals surface area contributed by atoms with Crippen molar-refractivity contribution in [2.75, 3.05) is 38.7 Å². The maximum Gasteiger partial charge on any atom is 0.409 e. The van der Waals surface area contributed by atoms with Crippen LogP contribution in [0, 0.1) is 0 Å². The number of benzene rings is 1. The standard InChI is InChI=1S/C15H20N2O2.C2H6/c1-16-11-15(12-5-3-4-6-13(12)16)7-9-17(10-8-15)14(18)19-2;1-2/h3-6H,7-11H2,1-2H3;1-2H3. The molecule has 21 heavy (non-hydrogen) atoms. The normalized spacial score (nSPS) is 18.9. The number of methoxy groups -OCH3 is 1. The molecule has 1 aromatic carbocycles. The number of ether oxygens (including phenoxy) is 1. The highest BCUT2D eigenvalue weighted by molar-refractivity contribution is 5.68. The van der Waals surface area contributed by atoms with E-state index < -0.39 is 0 Å². The Balaban J connectivity index is 0.000000774. The van der Waals surface area contributed by atoms with Gasteiger partial charge in [0.15, 0.2) is 0 Å². The Labute approximate surface area is 127 Å². The maximum atomic E-state index is 11.6. The van der Waals surface area contributed by atoms with Gasteiger partial charge in [-0.3, -0.25) is 0 Å². The van der Waals surface area contributed by atoms with Crippen molar-refractivity contribution in [2.45, 2.75) is 32.1 Å². The summed E-state index contributed by atoms with van der Waals surface area (Å²) in [5.41, 5.74) is 3.01. The summed E-state index contributed by atoms with van der Waals surface area (Å²) in [6.07, 6.45) is 1.84. The van der Waals surface area contributed by atoms with Crippen LogP contribution in [0.25, 0.3) is 0 Å². The third-order valence-corrected chi connectivity index (χ3v) is 4.58. The van der Waals surface area contributed by atoms with Gasteiger partial charge in [-0.2, -0.15) is 0 Å². The van der Waals surface area contributed by atoms with Crippen LogP contribution in [0.3, 0.4) is 0 Å². The van der Waals surface area contributed by atoms with Crippen LogP contribution in [-0.4, -0.2) is 44.8 Å². The smallest absolute Gasteiger partial charge is 0.409 e. The summed E-state index contributed by atoms with van der Waals surface area (Å²) in [5.74, 6) is 0. The highest BCUT2D eigenvalue weighted by atomic mass is 16.5. The molecule has 1 spiro atoms. The van der Waals surface area contributed by atoms with Gasteiger partial charge in [0.25, 0.3) is 0 Å². The molecule has 2 aliphatic heterocycles. The minimum atomic E-state index is -0.200. The number of carbonyl (C=O) groups excluding carboxylic acids is 1. The first-order chi connectivity index (χ1) is 10.2. The summed E-state index contributed by atoms with van der Waals surface area (Å²) < 4.78 is 4.81. The highest BCUT2D eigenvalue weighted by Crippen LogP contribution is 2.46. The van der Waals surface area contributed by atoms with Crippen molar-refractivity contribution in [1.29, 1.82) is 0 Å². The molecule has 2 aliphatic rings. The Bertz CT molecular complexity index is 493. The number of piperidine rings is 1. The number of rotatable bonds is 0. The number of hydrogen-bond donors (Lipinski definition) is 0. The maximum absolute atomic E-state index is 11.6. The van der Waals surface area contributed by atoms with Gasteiger partial charge in [-0.25, -0.2) is 4.79 Å². The molecular weight excluding hydrogens is 264 g/mol. The first-order valence-electron chi connectivity index (χ1n) is 7.80. The van der Waals surface area contributed by atoms with Crippen LogP contribution in [0.1, 0.15) is 32.3 Å². The van der Waals surface area contributed by atoms with Gasteiger partial charge in [-0.05, 0) is 24.5 Å². The van der Waals surface area contributed by atoms with Gasteiger partial charge in [0, 0.05) is 37.8 Å².